The van der Waals surface area contributed by atoms with E-state index < -0.39 is 0 Å². The first kappa shape index (κ1) is 12.7. The summed E-state index contributed by atoms with van der Waals surface area (Å²) in [5.41, 5.74) is 7.44. The Balaban J connectivity index is 1.97. The molecule has 0 aliphatic rings. The molecule has 1 aromatic heterocycles. The van der Waals surface area contributed by atoms with Crippen molar-refractivity contribution in [2.24, 2.45) is 0 Å². The molecule has 0 fully saturated rings. The van der Waals surface area contributed by atoms with E-state index in [2.05, 4.69) is 26.1 Å². The number of hydrogen-bond donors (Lipinski definition) is 2. The summed E-state index contributed by atoms with van der Waals surface area (Å²) in [6.45, 7) is 0. The van der Waals surface area contributed by atoms with Gasteiger partial charge in [-0.2, -0.15) is 4.98 Å². The number of anilines is 1. The molecule has 0 saturated carbocycles. The maximum absolute atomic E-state index is 9.40. The van der Waals surface area contributed by atoms with Crippen molar-refractivity contribution in [2.45, 2.75) is 0 Å². The van der Waals surface area contributed by atoms with Crippen LogP contribution in [0.3, 0.4) is 0 Å². The number of aromatic hydroxyl groups is 1. The zero-order valence-corrected chi connectivity index (χ0v) is 11.8. The third kappa shape index (κ3) is 2.37. The standard InChI is InChI=1S/C14H10BrN3O2/c15-10-4-1-8(2-5-10)13-17-14(20-18-13)9-3-6-12(19)11(16)7-9/h1-7,19H,16H2. The zero-order chi connectivity index (χ0) is 14.1. The molecule has 0 radical (unpaired) electrons. The van der Waals surface area contributed by atoms with Crippen LogP contribution in [0, 0.1) is 0 Å². The Morgan fingerprint density at radius 2 is 1.75 bits per heavy atom. The van der Waals surface area contributed by atoms with E-state index in [4.69, 9.17) is 10.3 Å². The first-order valence-electron chi connectivity index (χ1n) is 5.82. The van der Waals surface area contributed by atoms with Crippen LogP contribution in [0.2, 0.25) is 0 Å². The molecule has 0 saturated heterocycles. The van der Waals surface area contributed by atoms with Gasteiger partial charge >= 0.3 is 0 Å². The monoisotopic (exact) mass is 331 g/mol. The van der Waals surface area contributed by atoms with Crippen LogP contribution in [0.15, 0.2) is 51.5 Å². The summed E-state index contributed by atoms with van der Waals surface area (Å²) in [6.07, 6.45) is 0. The number of nitrogen functional groups attached to an aromatic ring is 1. The van der Waals surface area contributed by atoms with Crippen LogP contribution in [0.1, 0.15) is 0 Å². The van der Waals surface area contributed by atoms with Gasteiger partial charge in [0.25, 0.3) is 5.89 Å². The first-order valence-corrected chi connectivity index (χ1v) is 6.61. The van der Waals surface area contributed by atoms with Gasteiger partial charge in [0.2, 0.25) is 5.82 Å². The van der Waals surface area contributed by atoms with Gasteiger partial charge in [0.1, 0.15) is 5.75 Å². The summed E-state index contributed by atoms with van der Waals surface area (Å²) in [5.74, 6) is 0.884. The number of phenols is 1. The summed E-state index contributed by atoms with van der Waals surface area (Å²) in [7, 11) is 0. The topological polar surface area (TPSA) is 85.2 Å². The van der Waals surface area contributed by atoms with Crippen molar-refractivity contribution >= 4 is 21.6 Å². The van der Waals surface area contributed by atoms with Gasteiger partial charge in [-0.15, -0.1) is 0 Å². The molecule has 6 heteroatoms. The van der Waals surface area contributed by atoms with E-state index in [1.165, 1.54) is 6.07 Å². The predicted molar refractivity (Wildman–Crippen MR) is 78.9 cm³/mol. The molecule has 5 nitrogen and oxygen atoms in total. The SMILES string of the molecule is Nc1cc(-c2nc(-c3ccc(Br)cc3)no2)ccc1O. The molecule has 0 unspecified atom stereocenters. The van der Waals surface area contributed by atoms with Gasteiger partial charge in [-0.1, -0.05) is 21.1 Å². The average molecular weight is 332 g/mol. The summed E-state index contributed by atoms with van der Waals surface area (Å²) >= 11 is 3.37. The molecule has 20 heavy (non-hydrogen) atoms. The number of nitrogens with two attached hydrogens (primary N) is 1. The lowest BCUT2D eigenvalue weighted by Crippen LogP contribution is -1.87. The molecule has 3 N–H and O–H groups in total. The van der Waals surface area contributed by atoms with Gasteiger partial charge in [-0.25, -0.2) is 0 Å². The molecule has 3 rings (SSSR count). The highest BCUT2D eigenvalue weighted by atomic mass is 79.9. The van der Waals surface area contributed by atoms with Crippen LogP contribution in [0.4, 0.5) is 5.69 Å². The minimum Gasteiger partial charge on any atom is -0.506 e. The molecule has 0 amide bonds. The zero-order valence-electron chi connectivity index (χ0n) is 10.2. The molecule has 2 aromatic carbocycles. The van der Waals surface area contributed by atoms with E-state index in [1.807, 2.05) is 24.3 Å². The highest BCUT2D eigenvalue weighted by Gasteiger charge is 2.11. The quantitative estimate of drug-likeness (QED) is 0.554. The minimum atomic E-state index is 0.0291. The van der Waals surface area contributed by atoms with Crippen LogP contribution in [-0.4, -0.2) is 15.2 Å². The van der Waals surface area contributed by atoms with Crippen molar-refractivity contribution < 1.29 is 9.63 Å². The summed E-state index contributed by atoms with van der Waals surface area (Å²) in [5, 5.41) is 13.3. The Bertz CT molecular complexity index is 753. The minimum absolute atomic E-state index is 0.0291. The molecule has 0 spiro atoms. The first-order chi connectivity index (χ1) is 9.63. The van der Waals surface area contributed by atoms with Gasteiger partial charge in [-0.3, -0.25) is 0 Å². The predicted octanol–water partition coefficient (Wildman–Crippen LogP) is 3.45. The van der Waals surface area contributed by atoms with Crippen LogP contribution < -0.4 is 5.73 Å². The van der Waals surface area contributed by atoms with Gasteiger partial charge in [0.15, 0.2) is 0 Å². The van der Waals surface area contributed by atoms with Gasteiger partial charge in [0, 0.05) is 15.6 Å². The fourth-order valence-corrected chi connectivity index (χ4v) is 2.01. The average Bonchev–Trinajstić information content (AvgIpc) is 2.92. The van der Waals surface area contributed by atoms with Crippen molar-refractivity contribution in [3.8, 4) is 28.6 Å². The molecule has 100 valence electrons. The van der Waals surface area contributed by atoms with Crippen LogP contribution in [0.25, 0.3) is 22.8 Å². The second kappa shape index (κ2) is 4.97. The number of phenolic OH excluding ortho intramolecular Hbond substituents is 1. The van der Waals surface area contributed by atoms with Crippen molar-refractivity contribution in [3.05, 3.63) is 46.9 Å². The maximum Gasteiger partial charge on any atom is 0.258 e. The van der Waals surface area contributed by atoms with Crippen LogP contribution in [0.5, 0.6) is 5.75 Å². The number of aromatic nitrogens is 2. The van der Waals surface area contributed by atoms with Crippen molar-refractivity contribution in [3.63, 3.8) is 0 Å². The molecule has 3 aromatic rings. The summed E-state index contributed by atoms with van der Waals surface area (Å²) in [6, 6.07) is 12.4. The fourth-order valence-electron chi connectivity index (χ4n) is 1.74. The number of rotatable bonds is 2. The molecule has 0 aliphatic carbocycles. The summed E-state index contributed by atoms with van der Waals surface area (Å²) in [4.78, 5) is 4.32. The number of halogens is 1. The number of benzene rings is 2. The van der Waals surface area contributed by atoms with E-state index >= 15 is 0 Å². The smallest absolute Gasteiger partial charge is 0.258 e. The van der Waals surface area contributed by atoms with Gasteiger partial charge < -0.3 is 15.4 Å². The fraction of sp³-hybridized carbons (Fsp3) is 0. The van der Waals surface area contributed by atoms with Crippen LogP contribution in [-0.2, 0) is 0 Å². The lowest BCUT2D eigenvalue weighted by Gasteiger charge is -1.99. The Labute approximate surface area is 123 Å². The molecule has 0 atom stereocenters. The van der Waals surface area contributed by atoms with E-state index in [9.17, 15) is 5.11 Å². The molecule has 0 aliphatic heterocycles. The number of nitrogens with zero attached hydrogens (tertiary/aromatic N) is 2. The number of hydrogen-bond acceptors (Lipinski definition) is 5. The second-order valence-corrected chi connectivity index (χ2v) is 5.12. The van der Waals surface area contributed by atoms with E-state index in [0.29, 0.717) is 17.3 Å². The largest absolute Gasteiger partial charge is 0.506 e. The second-order valence-electron chi connectivity index (χ2n) is 4.20. The van der Waals surface area contributed by atoms with Gasteiger partial charge in [0.05, 0.1) is 5.69 Å². The Kier molecular flexibility index (Phi) is 3.15. The normalized spacial score (nSPS) is 10.7. The highest BCUT2D eigenvalue weighted by Crippen LogP contribution is 2.28. The van der Waals surface area contributed by atoms with E-state index in [1.54, 1.807) is 12.1 Å². The molecular formula is C14H10BrN3O2. The van der Waals surface area contributed by atoms with Crippen molar-refractivity contribution in [1.82, 2.24) is 10.1 Å². The van der Waals surface area contributed by atoms with Crippen LogP contribution >= 0.6 is 15.9 Å². The third-order valence-corrected chi connectivity index (χ3v) is 3.33. The highest BCUT2D eigenvalue weighted by molar-refractivity contribution is 9.10. The Morgan fingerprint density at radius 3 is 2.45 bits per heavy atom. The third-order valence-electron chi connectivity index (χ3n) is 2.80. The Morgan fingerprint density at radius 1 is 1.05 bits per heavy atom. The maximum atomic E-state index is 9.40. The van der Waals surface area contributed by atoms with Crippen molar-refractivity contribution in [2.75, 3.05) is 5.73 Å². The van der Waals surface area contributed by atoms with Gasteiger partial charge in [-0.05, 0) is 42.5 Å². The van der Waals surface area contributed by atoms with E-state index in [-0.39, 0.29) is 11.4 Å². The molecule has 0 bridgehead atoms. The summed E-state index contributed by atoms with van der Waals surface area (Å²) < 4.78 is 6.20. The van der Waals surface area contributed by atoms with Crippen molar-refractivity contribution in [1.29, 1.82) is 0 Å². The Hall–Kier alpha value is -2.34. The lowest BCUT2D eigenvalue weighted by atomic mass is 10.2. The lowest BCUT2D eigenvalue weighted by molar-refractivity contribution is 0.432. The molecular weight excluding hydrogens is 322 g/mol. The van der Waals surface area contributed by atoms with E-state index in [0.717, 1.165) is 10.0 Å². The molecule has 1 heterocycles.